The Hall–Kier alpha value is -1.85. The molecule has 0 saturated carbocycles. The van der Waals surface area contributed by atoms with E-state index in [-0.39, 0.29) is 10.8 Å². The maximum atomic E-state index is 12.4. The standard InChI is InChI=1S/C15H13Cl2N5O3S2/c1-8(14(23)19-10-2-4-11(5-3-10)27(18,24)25)26-15-21-20-13-12(17)6-9(16)7-22(13)15/h2-8H,1H3,(H,19,23)(H2,18,24,25). The fraction of sp³-hybridized carbons (Fsp3) is 0.133. The van der Waals surface area contributed by atoms with E-state index in [9.17, 15) is 13.2 Å². The molecule has 1 amide bonds. The Morgan fingerprint density at radius 1 is 1.26 bits per heavy atom. The summed E-state index contributed by atoms with van der Waals surface area (Å²) in [5.74, 6) is -0.298. The van der Waals surface area contributed by atoms with Crippen molar-refractivity contribution in [3.8, 4) is 0 Å². The molecule has 1 aromatic carbocycles. The predicted molar refractivity (Wildman–Crippen MR) is 105 cm³/mol. The predicted octanol–water partition coefficient (Wildman–Crippen LogP) is 2.80. The van der Waals surface area contributed by atoms with Crippen LogP contribution >= 0.6 is 35.0 Å². The van der Waals surface area contributed by atoms with Gasteiger partial charge in [0.1, 0.15) is 0 Å². The second kappa shape index (κ2) is 7.64. The number of aromatic nitrogens is 3. The summed E-state index contributed by atoms with van der Waals surface area (Å²) >= 11 is 13.3. The number of rotatable bonds is 5. The molecule has 0 radical (unpaired) electrons. The molecule has 2 aromatic heterocycles. The summed E-state index contributed by atoms with van der Waals surface area (Å²) in [6.45, 7) is 1.70. The summed E-state index contributed by atoms with van der Waals surface area (Å²) in [5, 5.41) is 16.5. The molecule has 0 aliphatic rings. The Morgan fingerprint density at radius 2 is 1.93 bits per heavy atom. The second-order valence-corrected chi connectivity index (χ2v) is 9.21. The molecular formula is C15H13Cl2N5O3S2. The Bertz CT molecular complexity index is 1120. The number of fused-ring (bicyclic) bond motifs is 1. The van der Waals surface area contributed by atoms with Crippen molar-refractivity contribution in [1.82, 2.24) is 14.6 Å². The topological polar surface area (TPSA) is 119 Å². The van der Waals surface area contributed by atoms with E-state index in [2.05, 4.69) is 15.5 Å². The molecule has 0 aliphatic heterocycles. The molecule has 0 spiro atoms. The quantitative estimate of drug-likeness (QED) is 0.582. The van der Waals surface area contributed by atoms with Crippen LogP contribution in [0.25, 0.3) is 5.65 Å². The minimum Gasteiger partial charge on any atom is -0.325 e. The number of nitrogens with two attached hydrogens (primary N) is 1. The monoisotopic (exact) mass is 445 g/mol. The maximum absolute atomic E-state index is 12.4. The average Bonchev–Trinajstić information content (AvgIpc) is 2.97. The highest BCUT2D eigenvalue weighted by Gasteiger charge is 2.19. The lowest BCUT2D eigenvalue weighted by Crippen LogP contribution is -2.22. The summed E-state index contributed by atoms with van der Waals surface area (Å²) in [4.78, 5) is 12.4. The molecule has 27 heavy (non-hydrogen) atoms. The van der Waals surface area contributed by atoms with Gasteiger partial charge in [0.05, 0.1) is 20.2 Å². The molecule has 0 bridgehead atoms. The first-order valence-electron chi connectivity index (χ1n) is 7.45. The van der Waals surface area contributed by atoms with Gasteiger partial charge in [-0.05, 0) is 37.3 Å². The number of sulfonamides is 1. The van der Waals surface area contributed by atoms with Crippen LogP contribution in [-0.4, -0.2) is 34.2 Å². The number of carbonyl (C=O) groups excluding carboxylic acids is 1. The third-order valence-corrected chi connectivity index (χ3v) is 5.97. The van der Waals surface area contributed by atoms with E-state index >= 15 is 0 Å². The molecule has 0 fully saturated rings. The molecule has 0 saturated heterocycles. The van der Waals surface area contributed by atoms with Gasteiger partial charge in [0.25, 0.3) is 0 Å². The van der Waals surface area contributed by atoms with Crippen LogP contribution < -0.4 is 10.5 Å². The normalized spacial score (nSPS) is 12.9. The third-order valence-electron chi connectivity index (χ3n) is 3.50. The number of amides is 1. The molecular weight excluding hydrogens is 433 g/mol. The van der Waals surface area contributed by atoms with E-state index in [0.29, 0.717) is 26.5 Å². The first-order chi connectivity index (χ1) is 12.6. The number of thioether (sulfide) groups is 1. The summed E-state index contributed by atoms with van der Waals surface area (Å²) in [6.07, 6.45) is 1.61. The van der Waals surface area contributed by atoms with Gasteiger partial charge in [-0.2, -0.15) is 0 Å². The van der Waals surface area contributed by atoms with Crippen molar-refractivity contribution in [2.45, 2.75) is 22.2 Å². The molecule has 12 heteroatoms. The van der Waals surface area contributed by atoms with Crippen molar-refractivity contribution in [3.05, 3.63) is 46.6 Å². The first-order valence-corrected chi connectivity index (χ1v) is 10.6. The summed E-state index contributed by atoms with van der Waals surface area (Å²) in [5.41, 5.74) is 0.881. The largest absolute Gasteiger partial charge is 0.325 e. The van der Waals surface area contributed by atoms with Crippen LogP contribution in [0.5, 0.6) is 0 Å². The van der Waals surface area contributed by atoms with Crippen LogP contribution in [0, 0.1) is 0 Å². The van der Waals surface area contributed by atoms with Gasteiger partial charge < -0.3 is 5.32 Å². The number of benzene rings is 1. The highest BCUT2D eigenvalue weighted by molar-refractivity contribution is 8.00. The number of carbonyl (C=O) groups is 1. The SMILES string of the molecule is CC(Sc1nnc2c(Cl)cc(Cl)cn12)C(=O)Nc1ccc(S(N)(=O)=O)cc1. The van der Waals surface area contributed by atoms with Crippen molar-refractivity contribution in [3.63, 3.8) is 0 Å². The van der Waals surface area contributed by atoms with Crippen LogP contribution in [-0.2, 0) is 14.8 Å². The number of nitrogens with one attached hydrogen (secondary N) is 1. The number of hydrogen-bond donors (Lipinski definition) is 2. The van der Waals surface area contributed by atoms with Crippen molar-refractivity contribution in [2.24, 2.45) is 5.14 Å². The van der Waals surface area contributed by atoms with Gasteiger partial charge >= 0.3 is 0 Å². The lowest BCUT2D eigenvalue weighted by atomic mass is 10.3. The molecule has 3 rings (SSSR count). The zero-order chi connectivity index (χ0) is 19.8. The summed E-state index contributed by atoms with van der Waals surface area (Å²) in [7, 11) is -3.78. The lowest BCUT2D eigenvalue weighted by molar-refractivity contribution is -0.115. The Balaban J connectivity index is 1.73. The van der Waals surface area contributed by atoms with Crippen molar-refractivity contribution < 1.29 is 13.2 Å². The Morgan fingerprint density at radius 3 is 2.56 bits per heavy atom. The summed E-state index contributed by atoms with van der Waals surface area (Å²) < 4.78 is 24.1. The van der Waals surface area contributed by atoms with E-state index in [1.54, 1.807) is 23.6 Å². The van der Waals surface area contributed by atoms with Gasteiger partial charge in [-0.1, -0.05) is 35.0 Å². The number of primary sulfonamides is 1. The number of nitrogens with zero attached hydrogens (tertiary/aromatic N) is 3. The van der Waals surface area contributed by atoms with E-state index in [0.717, 1.165) is 0 Å². The fourth-order valence-corrected chi connectivity index (χ4v) is 4.01. The van der Waals surface area contributed by atoms with Crippen LogP contribution in [0.2, 0.25) is 10.0 Å². The van der Waals surface area contributed by atoms with Crippen molar-refractivity contribution in [2.75, 3.05) is 5.32 Å². The van der Waals surface area contributed by atoms with Gasteiger partial charge in [0, 0.05) is 11.9 Å². The van der Waals surface area contributed by atoms with Crippen molar-refractivity contribution in [1.29, 1.82) is 0 Å². The van der Waals surface area contributed by atoms with Crippen LogP contribution in [0.15, 0.2) is 46.6 Å². The molecule has 2 heterocycles. The van der Waals surface area contributed by atoms with E-state index in [1.165, 1.54) is 36.0 Å². The van der Waals surface area contributed by atoms with Crippen LogP contribution in [0.1, 0.15) is 6.92 Å². The molecule has 3 N–H and O–H groups in total. The minimum atomic E-state index is -3.78. The molecule has 3 aromatic rings. The molecule has 8 nitrogen and oxygen atoms in total. The average molecular weight is 446 g/mol. The maximum Gasteiger partial charge on any atom is 0.238 e. The van der Waals surface area contributed by atoms with E-state index < -0.39 is 15.3 Å². The van der Waals surface area contributed by atoms with Gasteiger partial charge in [-0.15, -0.1) is 10.2 Å². The highest BCUT2D eigenvalue weighted by Crippen LogP contribution is 2.28. The summed E-state index contributed by atoms with van der Waals surface area (Å²) in [6, 6.07) is 7.11. The number of hydrogen-bond acceptors (Lipinski definition) is 6. The van der Waals surface area contributed by atoms with Gasteiger partial charge in [0.2, 0.25) is 15.9 Å². The molecule has 1 unspecified atom stereocenters. The number of anilines is 1. The fourth-order valence-electron chi connectivity index (χ4n) is 2.17. The third kappa shape index (κ3) is 4.53. The zero-order valence-electron chi connectivity index (χ0n) is 13.8. The van der Waals surface area contributed by atoms with Gasteiger partial charge in [0.15, 0.2) is 10.8 Å². The van der Waals surface area contributed by atoms with Crippen LogP contribution in [0.4, 0.5) is 5.69 Å². The molecule has 142 valence electrons. The molecule has 0 aliphatic carbocycles. The minimum absolute atomic E-state index is 0.0355. The zero-order valence-corrected chi connectivity index (χ0v) is 16.9. The Kier molecular flexibility index (Phi) is 5.63. The van der Waals surface area contributed by atoms with E-state index in [1.807, 2.05) is 0 Å². The number of halogens is 2. The van der Waals surface area contributed by atoms with Crippen molar-refractivity contribution >= 4 is 62.2 Å². The second-order valence-electron chi connectivity index (χ2n) is 5.50. The molecule has 1 atom stereocenters. The van der Waals surface area contributed by atoms with E-state index in [4.69, 9.17) is 28.3 Å². The first kappa shape index (κ1) is 19.9. The smallest absolute Gasteiger partial charge is 0.238 e. The van der Waals surface area contributed by atoms with Gasteiger partial charge in [-0.25, -0.2) is 13.6 Å². The Labute approximate surface area is 169 Å². The van der Waals surface area contributed by atoms with Gasteiger partial charge in [-0.3, -0.25) is 9.20 Å². The lowest BCUT2D eigenvalue weighted by Gasteiger charge is -2.11. The number of pyridine rings is 1. The van der Waals surface area contributed by atoms with Crippen LogP contribution in [0.3, 0.4) is 0 Å². The highest BCUT2D eigenvalue weighted by atomic mass is 35.5.